The molecular weight excluding hydrogens is 330 g/mol. The maximum atomic E-state index is 11.8. The molecule has 0 saturated carbocycles. The minimum atomic E-state index is -0.385. The standard InChI is InChI=1S/C20H27N3O3/c1-15-18(20(21)24)14-19(16-4-6-17(25-2)7-5-16)23(15)9-3-8-22-10-12-26-13-11-22/h4-7,14H,3,8-13H2,1-2H3,(H2,21,24). The summed E-state index contributed by atoms with van der Waals surface area (Å²) in [6, 6.07) is 9.78. The van der Waals surface area contributed by atoms with Crippen molar-refractivity contribution >= 4 is 5.91 Å². The Morgan fingerprint density at radius 2 is 1.88 bits per heavy atom. The molecular formula is C20H27N3O3. The highest BCUT2D eigenvalue weighted by Gasteiger charge is 2.17. The van der Waals surface area contributed by atoms with Crippen LogP contribution in [0.1, 0.15) is 22.5 Å². The van der Waals surface area contributed by atoms with Gasteiger partial charge in [0.1, 0.15) is 5.75 Å². The summed E-state index contributed by atoms with van der Waals surface area (Å²) in [7, 11) is 1.65. The summed E-state index contributed by atoms with van der Waals surface area (Å²) in [5, 5.41) is 0. The Morgan fingerprint density at radius 1 is 1.19 bits per heavy atom. The highest BCUT2D eigenvalue weighted by molar-refractivity contribution is 5.95. The number of ether oxygens (including phenoxy) is 2. The topological polar surface area (TPSA) is 69.7 Å². The lowest BCUT2D eigenvalue weighted by atomic mass is 10.1. The van der Waals surface area contributed by atoms with Gasteiger partial charge in [0, 0.05) is 37.6 Å². The Hall–Kier alpha value is -2.31. The highest BCUT2D eigenvalue weighted by atomic mass is 16.5. The number of benzene rings is 1. The van der Waals surface area contributed by atoms with Crippen molar-refractivity contribution in [3.05, 3.63) is 41.6 Å². The van der Waals surface area contributed by atoms with E-state index in [1.165, 1.54) is 0 Å². The summed E-state index contributed by atoms with van der Waals surface area (Å²) in [6.07, 6.45) is 1.01. The van der Waals surface area contributed by atoms with E-state index in [2.05, 4.69) is 9.47 Å². The van der Waals surface area contributed by atoms with Crippen LogP contribution in [0.2, 0.25) is 0 Å². The minimum Gasteiger partial charge on any atom is -0.497 e. The molecule has 2 heterocycles. The van der Waals surface area contributed by atoms with Gasteiger partial charge in [-0.25, -0.2) is 0 Å². The molecule has 0 unspecified atom stereocenters. The number of carbonyl (C=O) groups is 1. The van der Waals surface area contributed by atoms with Crippen molar-refractivity contribution in [2.45, 2.75) is 19.9 Å². The van der Waals surface area contributed by atoms with Crippen LogP contribution in [0, 0.1) is 6.92 Å². The molecule has 1 fully saturated rings. The van der Waals surface area contributed by atoms with Gasteiger partial charge in [-0.3, -0.25) is 9.69 Å². The summed E-state index contributed by atoms with van der Waals surface area (Å²) in [6.45, 7) is 7.43. The van der Waals surface area contributed by atoms with E-state index >= 15 is 0 Å². The lowest BCUT2D eigenvalue weighted by molar-refractivity contribution is 0.0369. The van der Waals surface area contributed by atoms with E-state index in [4.69, 9.17) is 15.2 Å². The summed E-state index contributed by atoms with van der Waals surface area (Å²) in [4.78, 5) is 14.2. The zero-order chi connectivity index (χ0) is 18.5. The first-order valence-electron chi connectivity index (χ1n) is 9.04. The Balaban J connectivity index is 1.80. The van der Waals surface area contributed by atoms with E-state index in [1.807, 2.05) is 37.3 Å². The summed E-state index contributed by atoms with van der Waals surface area (Å²) in [5.41, 5.74) is 9.14. The van der Waals surface area contributed by atoms with Gasteiger partial charge in [-0.05, 0) is 49.2 Å². The molecule has 6 nitrogen and oxygen atoms in total. The average Bonchev–Trinajstić information content (AvgIpc) is 3.00. The predicted octanol–water partition coefficient (Wildman–Crippen LogP) is 2.29. The average molecular weight is 357 g/mol. The van der Waals surface area contributed by atoms with Gasteiger partial charge in [-0.1, -0.05) is 0 Å². The van der Waals surface area contributed by atoms with Crippen molar-refractivity contribution in [1.29, 1.82) is 0 Å². The number of carbonyl (C=O) groups excluding carboxylic acids is 1. The van der Waals surface area contributed by atoms with Crippen molar-refractivity contribution in [2.24, 2.45) is 5.73 Å². The first-order valence-corrected chi connectivity index (χ1v) is 9.04. The molecule has 0 aliphatic carbocycles. The SMILES string of the molecule is COc1ccc(-c2cc(C(N)=O)c(C)n2CCCN2CCOCC2)cc1. The van der Waals surface area contributed by atoms with Crippen molar-refractivity contribution < 1.29 is 14.3 Å². The number of nitrogens with zero attached hydrogens (tertiary/aromatic N) is 2. The molecule has 3 rings (SSSR count). The third-order valence-electron chi connectivity index (χ3n) is 4.98. The number of primary amides is 1. The number of nitrogens with two attached hydrogens (primary N) is 1. The molecule has 26 heavy (non-hydrogen) atoms. The summed E-state index contributed by atoms with van der Waals surface area (Å²) in [5.74, 6) is 0.426. The number of morpholine rings is 1. The van der Waals surface area contributed by atoms with Crippen molar-refractivity contribution in [1.82, 2.24) is 9.47 Å². The van der Waals surface area contributed by atoms with E-state index in [0.717, 1.165) is 68.5 Å². The molecule has 0 atom stereocenters. The largest absolute Gasteiger partial charge is 0.497 e. The number of rotatable bonds is 7. The molecule has 1 aliphatic rings. The van der Waals surface area contributed by atoms with Gasteiger partial charge < -0.3 is 19.8 Å². The van der Waals surface area contributed by atoms with E-state index < -0.39 is 0 Å². The summed E-state index contributed by atoms with van der Waals surface area (Å²) < 4.78 is 12.8. The molecule has 2 N–H and O–H groups in total. The molecule has 1 aliphatic heterocycles. The van der Waals surface area contributed by atoms with Crippen LogP contribution in [0.3, 0.4) is 0 Å². The molecule has 140 valence electrons. The van der Waals surface area contributed by atoms with Crippen LogP contribution >= 0.6 is 0 Å². The first kappa shape index (κ1) is 18.5. The van der Waals surface area contributed by atoms with Crippen LogP contribution in [0.5, 0.6) is 5.75 Å². The lowest BCUT2D eigenvalue weighted by Gasteiger charge is -2.26. The Morgan fingerprint density at radius 3 is 2.50 bits per heavy atom. The summed E-state index contributed by atoms with van der Waals surface area (Å²) >= 11 is 0. The van der Waals surface area contributed by atoms with E-state index in [-0.39, 0.29) is 5.91 Å². The fraction of sp³-hybridized carbons (Fsp3) is 0.450. The molecule has 1 saturated heterocycles. The van der Waals surface area contributed by atoms with Crippen molar-refractivity contribution in [3.8, 4) is 17.0 Å². The van der Waals surface area contributed by atoms with Gasteiger partial charge in [0.05, 0.1) is 25.9 Å². The maximum absolute atomic E-state index is 11.8. The van der Waals surface area contributed by atoms with Crippen LogP contribution in [0.4, 0.5) is 0 Å². The quantitative estimate of drug-likeness (QED) is 0.825. The van der Waals surface area contributed by atoms with Gasteiger partial charge in [-0.15, -0.1) is 0 Å². The first-order chi connectivity index (χ1) is 12.6. The second kappa shape index (κ2) is 8.38. The Kier molecular flexibility index (Phi) is 5.96. The second-order valence-electron chi connectivity index (χ2n) is 6.58. The molecule has 1 aromatic heterocycles. The highest BCUT2D eigenvalue weighted by Crippen LogP contribution is 2.28. The molecule has 0 bridgehead atoms. The minimum absolute atomic E-state index is 0.385. The molecule has 6 heteroatoms. The van der Waals surface area contributed by atoms with Crippen LogP contribution in [-0.4, -0.2) is 55.3 Å². The van der Waals surface area contributed by atoms with Gasteiger partial charge in [-0.2, -0.15) is 0 Å². The molecule has 1 amide bonds. The number of hydrogen-bond donors (Lipinski definition) is 1. The lowest BCUT2D eigenvalue weighted by Crippen LogP contribution is -2.37. The van der Waals surface area contributed by atoms with Crippen molar-refractivity contribution in [2.75, 3.05) is 40.0 Å². The number of aromatic nitrogens is 1. The second-order valence-corrected chi connectivity index (χ2v) is 6.58. The number of amides is 1. The zero-order valence-electron chi connectivity index (χ0n) is 15.5. The third kappa shape index (κ3) is 4.08. The molecule has 2 aromatic rings. The monoisotopic (exact) mass is 357 g/mol. The fourth-order valence-corrected chi connectivity index (χ4v) is 3.46. The Bertz CT molecular complexity index is 746. The van der Waals surface area contributed by atoms with Crippen LogP contribution in [0.15, 0.2) is 30.3 Å². The predicted molar refractivity (Wildman–Crippen MR) is 102 cm³/mol. The smallest absolute Gasteiger partial charge is 0.250 e. The van der Waals surface area contributed by atoms with Crippen LogP contribution in [-0.2, 0) is 11.3 Å². The zero-order valence-corrected chi connectivity index (χ0v) is 15.5. The molecule has 0 spiro atoms. The van der Waals surface area contributed by atoms with Gasteiger partial charge in [0.15, 0.2) is 0 Å². The number of methoxy groups -OCH3 is 1. The van der Waals surface area contributed by atoms with E-state index in [1.54, 1.807) is 7.11 Å². The maximum Gasteiger partial charge on any atom is 0.250 e. The van der Waals surface area contributed by atoms with Crippen LogP contribution < -0.4 is 10.5 Å². The van der Waals surface area contributed by atoms with E-state index in [9.17, 15) is 4.79 Å². The Labute approximate surface area is 154 Å². The van der Waals surface area contributed by atoms with Gasteiger partial charge in [0.25, 0.3) is 5.91 Å². The van der Waals surface area contributed by atoms with Crippen molar-refractivity contribution in [3.63, 3.8) is 0 Å². The molecule has 1 aromatic carbocycles. The third-order valence-corrected chi connectivity index (χ3v) is 4.98. The van der Waals surface area contributed by atoms with Crippen LogP contribution in [0.25, 0.3) is 11.3 Å². The van der Waals surface area contributed by atoms with Gasteiger partial charge in [0.2, 0.25) is 0 Å². The fourth-order valence-electron chi connectivity index (χ4n) is 3.46. The van der Waals surface area contributed by atoms with Gasteiger partial charge >= 0.3 is 0 Å². The molecule has 0 radical (unpaired) electrons. The normalized spacial score (nSPS) is 15.2. The number of hydrogen-bond acceptors (Lipinski definition) is 4. The van der Waals surface area contributed by atoms with E-state index in [0.29, 0.717) is 5.56 Å².